The monoisotopic (exact) mass is 237 g/mol. The van der Waals surface area contributed by atoms with Gasteiger partial charge in [0.2, 0.25) is 0 Å². The smallest absolute Gasteiger partial charge is 0.131 e. The number of benzene rings is 2. The van der Waals surface area contributed by atoms with E-state index in [0.29, 0.717) is 0 Å². The van der Waals surface area contributed by atoms with Gasteiger partial charge in [-0.2, -0.15) is 0 Å². The first-order chi connectivity index (χ1) is 8.92. The Balaban J connectivity index is 1.73. The second-order valence-corrected chi connectivity index (χ2v) is 4.41. The summed E-state index contributed by atoms with van der Waals surface area (Å²) in [5.41, 5.74) is 6.60. The van der Waals surface area contributed by atoms with Crippen LogP contribution in [0.15, 0.2) is 72.4 Å². The highest BCUT2D eigenvalue weighted by molar-refractivity contribution is 5.27. The average Bonchev–Trinajstić information content (AvgIpc) is 2.89. The largest absolute Gasteiger partial charge is 0.270 e. The fourth-order valence-electron chi connectivity index (χ4n) is 2.11. The summed E-state index contributed by atoms with van der Waals surface area (Å²) in [5.74, 6) is 0. The Bertz CT molecular complexity index is 534. The van der Waals surface area contributed by atoms with E-state index in [0.717, 1.165) is 12.1 Å². The summed E-state index contributed by atoms with van der Waals surface area (Å²) >= 11 is 0. The first-order valence-electron chi connectivity index (χ1n) is 6.13. The van der Waals surface area contributed by atoms with Crippen molar-refractivity contribution < 1.29 is 4.84 Å². The average molecular weight is 237 g/mol. The number of hydroxylamine groups is 1. The zero-order valence-corrected chi connectivity index (χ0v) is 10.0. The molecule has 3 rings (SSSR count). The molecule has 90 valence electrons. The zero-order chi connectivity index (χ0) is 12.2. The number of nitrogens with one attached hydrogen (secondary N) is 1. The van der Waals surface area contributed by atoms with Gasteiger partial charge >= 0.3 is 0 Å². The molecular weight excluding hydrogens is 222 g/mol. The Morgan fingerprint density at radius 1 is 0.889 bits per heavy atom. The van der Waals surface area contributed by atoms with Crippen LogP contribution in [0.25, 0.3) is 0 Å². The van der Waals surface area contributed by atoms with Crippen LogP contribution in [0.2, 0.25) is 0 Å². The Kier molecular flexibility index (Phi) is 3.11. The van der Waals surface area contributed by atoms with Gasteiger partial charge < -0.3 is 0 Å². The van der Waals surface area contributed by atoms with E-state index < -0.39 is 0 Å². The van der Waals surface area contributed by atoms with Gasteiger partial charge in [-0.15, -0.1) is 0 Å². The van der Waals surface area contributed by atoms with Gasteiger partial charge in [0.1, 0.15) is 6.10 Å². The molecule has 0 aromatic heterocycles. The van der Waals surface area contributed by atoms with E-state index in [9.17, 15) is 0 Å². The van der Waals surface area contributed by atoms with Gasteiger partial charge in [-0.1, -0.05) is 60.7 Å². The maximum atomic E-state index is 5.58. The van der Waals surface area contributed by atoms with Gasteiger partial charge in [0, 0.05) is 12.1 Å². The van der Waals surface area contributed by atoms with E-state index >= 15 is 0 Å². The third-order valence-electron chi connectivity index (χ3n) is 3.04. The third kappa shape index (κ3) is 2.44. The van der Waals surface area contributed by atoms with Gasteiger partial charge in [-0.3, -0.25) is 10.3 Å². The van der Waals surface area contributed by atoms with Crippen molar-refractivity contribution in [3.05, 3.63) is 83.6 Å². The molecule has 1 heterocycles. The molecule has 1 N–H and O–H groups in total. The normalized spacial score (nSPS) is 18.2. The molecule has 1 unspecified atom stereocenters. The molecule has 1 aliphatic heterocycles. The van der Waals surface area contributed by atoms with E-state index in [2.05, 4.69) is 48.0 Å². The molecule has 0 amide bonds. The second-order valence-electron chi connectivity index (χ2n) is 4.41. The van der Waals surface area contributed by atoms with Crippen molar-refractivity contribution >= 4 is 0 Å². The molecule has 2 aromatic rings. The van der Waals surface area contributed by atoms with E-state index in [1.807, 2.05) is 24.3 Å². The predicted octanol–water partition coefficient (Wildman–Crippen LogP) is 3.39. The van der Waals surface area contributed by atoms with Crippen molar-refractivity contribution in [2.75, 3.05) is 0 Å². The molecule has 1 atom stereocenters. The van der Waals surface area contributed by atoms with Crippen LogP contribution < -0.4 is 5.48 Å². The number of rotatable bonds is 3. The van der Waals surface area contributed by atoms with Gasteiger partial charge in [0.15, 0.2) is 0 Å². The molecule has 1 aliphatic rings. The summed E-state index contributed by atoms with van der Waals surface area (Å²) in [6.45, 7) is 0. The minimum atomic E-state index is 0.0184. The van der Waals surface area contributed by atoms with Crippen LogP contribution in [0, 0.1) is 0 Å². The molecular formula is C16H15NO. The molecule has 0 saturated heterocycles. The molecule has 2 aromatic carbocycles. The SMILES string of the molecule is C1=C(Cc2ccccc2)NOC1c1ccccc1. The standard InChI is InChI=1S/C16H15NO/c1-3-7-13(8-4-1)11-15-12-16(18-17-15)14-9-5-2-6-10-14/h1-10,12,16-17H,11H2. The molecule has 0 bridgehead atoms. The lowest BCUT2D eigenvalue weighted by Gasteiger charge is -2.06. The topological polar surface area (TPSA) is 21.3 Å². The molecule has 0 saturated carbocycles. The van der Waals surface area contributed by atoms with E-state index in [1.54, 1.807) is 0 Å². The van der Waals surface area contributed by atoms with Crippen molar-refractivity contribution in [2.45, 2.75) is 12.5 Å². The predicted molar refractivity (Wildman–Crippen MR) is 71.6 cm³/mol. The number of allylic oxidation sites excluding steroid dienone is 1. The fraction of sp³-hybridized carbons (Fsp3) is 0.125. The van der Waals surface area contributed by atoms with Crippen molar-refractivity contribution in [3.63, 3.8) is 0 Å². The Labute approximate surface area is 107 Å². The molecule has 0 fully saturated rings. The van der Waals surface area contributed by atoms with Crippen molar-refractivity contribution in [2.24, 2.45) is 0 Å². The minimum Gasteiger partial charge on any atom is -0.270 e. The Morgan fingerprint density at radius 2 is 1.56 bits per heavy atom. The highest BCUT2D eigenvalue weighted by Gasteiger charge is 2.17. The maximum Gasteiger partial charge on any atom is 0.131 e. The lowest BCUT2D eigenvalue weighted by Crippen LogP contribution is -2.09. The van der Waals surface area contributed by atoms with Gasteiger partial charge in [0.05, 0.1) is 0 Å². The van der Waals surface area contributed by atoms with Crippen LogP contribution in [0.4, 0.5) is 0 Å². The molecule has 2 nitrogen and oxygen atoms in total. The highest BCUT2D eigenvalue weighted by atomic mass is 16.7. The van der Waals surface area contributed by atoms with Gasteiger partial charge in [-0.25, -0.2) is 0 Å². The summed E-state index contributed by atoms with van der Waals surface area (Å²) in [4.78, 5) is 5.58. The van der Waals surface area contributed by atoms with Crippen molar-refractivity contribution in [1.29, 1.82) is 0 Å². The minimum absolute atomic E-state index is 0.0184. The van der Waals surface area contributed by atoms with Crippen LogP contribution in [0.3, 0.4) is 0 Å². The van der Waals surface area contributed by atoms with Crippen LogP contribution >= 0.6 is 0 Å². The zero-order valence-electron chi connectivity index (χ0n) is 10.0. The third-order valence-corrected chi connectivity index (χ3v) is 3.04. The van der Waals surface area contributed by atoms with Gasteiger partial charge in [-0.05, 0) is 17.2 Å². The summed E-state index contributed by atoms with van der Waals surface area (Å²) in [7, 11) is 0. The lowest BCUT2D eigenvalue weighted by atomic mass is 10.1. The van der Waals surface area contributed by atoms with Crippen LogP contribution in [0.5, 0.6) is 0 Å². The second kappa shape index (κ2) is 5.07. The summed E-state index contributed by atoms with van der Waals surface area (Å²) < 4.78 is 0. The lowest BCUT2D eigenvalue weighted by molar-refractivity contribution is 0.0412. The van der Waals surface area contributed by atoms with Crippen LogP contribution in [-0.4, -0.2) is 0 Å². The molecule has 18 heavy (non-hydrogen) atoms. The van der Waals surface area contributed by atoms with Crippen LogP contribution in [-0.2, 0) is 11.3 Å². The van der Waals surface area contributed by atoms with E-state index in [1.165, 1.54) is 11.1 Å². The quantitative estimate of drug-likeness (QED) is 0.883. The molecule has 0 radical (unpaired) electrons. The molecule has 2 heteroatoms. The maximum absolute atomic E-state index is 5.58. The van der Waals surface area contributed by atoms with E-state index in [4.69, 9.17) is 4.84 Å². The molecule has 0 spiro atoms. The first kappa shape index (κ1) is 11.1. The number of hydrogen-bond acceptors (Lipinski definition) is 2. The summed E-state index contributed by atoms with van der Waals surface area (Å²) in [5, 5.41) is 0. The Hall–Kier alpha value is -2.06. The van der Waals surface area contributed by atoms with Crippen LogP contribution in [0.1, 0.15) is 17.2 Å². The summed E-state index contributed by atoms with van der Waals surface area (Å²) in [6.07, 6.45) is 3.04. The highest BCUT2D eigenvalue weighted by Crippen LogP contribution is 2.24. The van der Waals surface area contributed by atoms with Crippen molar-refractivity contribution in [1.82, 2.24) is 5.48 Å². The fourth-order valence-corrected chi connectivity index (χ4v) is 2.11. The van der Waals surface area contributed by atoms with Gasteiger partial charge in [0.25, 0.3) is 0 Å². The van der Waals surface area contributed by atoms with E-state index in [-0.39, 0.29) is 6.10 Å². The Morgan fingerprint density at radius 3 is 2.28 bits per heavy atom. The summed E-state index contributed by atoms with van der Waals surface area (Å²) in [6, 6.07) is 20.6. The number of hydrogen-bond donors (Lipinski definition) is 1. The molecule has 0 aliphatic carbocycles. The van der Waals surface area contributed by atoms with Crippen molar-refractivity contribution in [3.8, 4) is 0 Å². The first-order valence-corrected chi connectivity index (χ1v) is 6.13.